The fraction of sp³-hybridized carbons (Fsp3) is 0.271. The Morgan fingerprint density at radius 2 is 1.62 bits per heavy atom. The minimum absolute atomic E-state index is 0.0874. The summed E-state index contributed by atoms with van der Waals surface area (Å²) >= 11 is 7.91. The minimum atomic E-state index is -1.36. The SMILES string of the molecule is Cc1c(-c2cc(N3C(=O)C4CC5C(=CCC6C(=O)N(Cc7ccccc7)C(=O)C65)C(c5ccc(OCc6ccccc6)cc5O)C4(C)C3=O)n(C)n2)sc2ccc(Cl)cc12. The van der Waals surface area contributed by atoms with Gasteiger partial charge in [-0.2, -0.15) is 5.10 Å². The Hall–Kier alpha value is -6.04. The number of carbonyl (C=O) groups excluding carboxylic acids is 4. The van der Waals surface area contributed by atoms with E-state index >= 15 is 9.59 Å². The standard InChI is InChI=1S/C48H41ClN4O6S/c1-26-34-20-29(49)14-19-39(34)60-43(26)37-23-40(51(3)50-37)53-45(56)36-22-35-31(17-18-33-41(35)46(57)52(44(33)55)24-27-10-6-4-7-11-27)42(48(36,2)47(53)58)32-16-15-30(21-38(32)54)59-25-28-12-8-5-9-13-28/h4-17,19-21,23,33,35-36,41-42,54H,18,22,24-25H2,1-3H3. The highest BCUT2D eigenvalue weighted by atomic mass is 35.5. The number of carbonyl (C=O) groups is 4. The molecule has 4 amide bonds. The molecule has 1 N–H and O–H groups in total. The van der Waals surface area contributed by atoms with Crippen molar-refractivity contribution >= 4 is 62.5 Å². The lowest BCUT2D eigenvalue weighted by Gasteiger charge is -2.49. The van der Waals surface area contributed by atoms with Crippen LogP contribution < -0.4 is 9.64 Å². The first-order chi connectivity index (χ1) is 28.9. The monoisotopic (exact) mass is 836 g/mol. The molecule has 0 bridgehead atoms. The molecule has 4 aromatic carbocycles. The third-order valence-electron chi connectivity index (χ3n) is 13.3. The van der Waals surface area contributed by atoms with Gasteiger partial charge in [-0.15, -0.1) is 11.3 Å². The van der Waals surface area contributed by atoms with Gasteiger partial charge < -0.3 is 9.84 Å². The van der Waals surface area contributed by atoms with E-state index < -0.39 is 46.8 Å². The van der Waals surface area contributed by atoms with Crippen molar-refractivity contribution in [3.05, 3.63) is 142 Å². The number of aromatic nitrogens is 2. The summed E-state index contributed by atoms with van der Waals surface area (Å²) in [6.45, 7) is 4.27. The molecule has 0 spiro atoms. The van der Waals surface area contributed by atoms with Crippen LogP contribution in [-0.2, 0) is 39.4 Å². The summed E-state index contributed by atoms with van der Waals surface area (Å²) in [4.78, 5) is 62.3. The number of anilines is 1. The van der Waals surface area contributed by atoms with Crippen molar-refractivity contribution < 1.29 is 29.0 Å². The van der Waals surface area contributed by atoms with Crippen LogP contribution in [0.3, 0.4) is 0 Å². The fourth-order valence-corrected chi connectivity index (χ4v) is 11.7. The normalized spacial score (nSPS) is 24.8. The number of likely N-dealkylation sites (tertiary alicyclic amines) is 1. The number of phenolic OH excluding ortho intramolecular Hbond substituents is 1. The van der Waals surface area contributed by atoms with Crippen LogP contribution in [0.5, 0.6) is 11.5 Å². The maximum Gasteiger partial charge on any atom is 0.242 e. The first kappa shape index (κ1) is 38.2. The largest absolute Gasteiger partial charge is 0.508 e. The summed E-state index contributed by atoms with van der Waals surface area (Å²) in [7, 11) is 1.72. The Labute approximate surface area is 355 Å². The fourth-order valence-electron chi connectivity index (χ4n) is 10.4. The number of hydrogen-bond acceptors (Lipinski definition) is 8. The van der Waals surface area contributed by atoms with Crippen LogP contribution in [0.25, 0.3) is 20.7 Å². The van der Waals surface area contributed by atoms with Gasteiger partial charge in [0.25, 0.3) is 0 Å². The van der Waals surface area contributed by atoms with Crippen molar-refractivity contribution in [3.8, 4) is 22.1 Å². The average molecular weight is 837 g/mol. The van der Waals surface area contributed by atoms with E-state index in [1.807, 2.05) is 98.8 Å². The van der Waals surface area contributed by atoms with Crippen molar-refractivity contribution in [2.24, 2.45) is 36.1 Å². The Morgan fingerprint density at radius 3 is 2.35 bits per heavy atom. The van der Waals surface area contributed by atoms with Crippen molar-refractivity contribution in [3.63, 3.8) is 0 Å². The van der Waals surface area contributed by atoms with Crippen LogP contribution >= 0.6 is 22.9 Å². The van der Waals surface area contributed by atoms with E-state index in [0.717, 1.165) is 37.2 Å². The van der Waals surface area contributed by atoms with E-state index in [1.165, 1.54) is 9.80 Å². The second-order valence-electron chi connectivity index (χ2n) is 16.6. The molecule has 12 heteroatoms. The van der Waals surface area contributed by atoms with E-state index in [4.69, 9.17) is 21.4 Å². The first-order valence-corrected chi connectivity index (χ1v) is 21.3. The number of fused-ring (bicyclic) bond motifs is 5. The zero-order valence-electron chi connectivity index (χ0n) is 33.2. The molecule has 2 aliphatic heterocycles. The second kappa shape index (κ2) is 14.3. The molecule has 6 atom stereocenters. The Balaban J connectivity index is 1.05. The number of amides is 4. The Kier molecular flexibility index (Phi) is 9.11. The highest BCUT2D eigenvalue weighted by Gasteiger charge is 2.68. The minimum Gasteiger partial charge on any atom is -0.508 e. The van der Waals surface area contributed by atoms with Crippen molar-refractivity contribution in [1.82, 2.24) is 14.7 Å². The number of aryl methyl sites for hydroxylation is 2. The molecule has 4 aliphatic rings. The lowest BCUT2D eigenvalue weighted by atomic mass is 9.51. The van der Waals surface area contributed by atoms with Gasteiger partial charge in [-0.25, -0.2) is 4.90 Å². The number of allylic oxidation sites excluding steroid dienone is 2. The Bertz CT molecular complexity index is 2800. The van der Waals surface area contributed by atoms with Gasteiger partial charge in [0.2, 0.25) is 23.6 Å². The molecule has 4 heterocycles. The van der Waals surface area contributed by atoms with Crippen LogP contribution in [0.15, 0.2) is 115 Å². The summed E-state index contributed by atoms with van der Waals surface area (Å²) < 4.78 is 8.68. The van der Waals surface area contributed by atoms with Gasteiger partial charge in [0.1, 0.15) is 29.6 Å². The molecular weight excluding hydrogens is 796 g/mol. The van der Waals surface area contributed by atoms with E-state index in [2.05, 4.69) is 0 Å². The first-order valence-electron chi connectivity index (χ1n) is 20.1. The van der Waals surface area contributed by atoms with Crippen molar-refractivity contribution in [2.75, 3.05) is 4.90 Å². The van der Waals surface area contributed by atoms with Crippen LogP contribution in [0.2, 0.25) is 5.02 Å². The summed E-state index contributed by atoms with van der Waals surface area (Å²) in [6.07, 6.45) is 2.49. The number of nitrogens with zero attached hydrogens (tertiary/aromatic N) is 4. The molecule has 1 saturated carbocycles. The predicted molar refractivity (Wildman–Crippen MR) is 229 cm³/mol. The number of hydrogen-bond donors (Lipinski definition) is 1. The topological polar surface area (TPSA) is 122 Å². The number of benzene rings is 4. The molecule has 10 rings (SSSR count). The number of rotatable bonds is 8. The number of phenols is 1. The van der Waals surface area contributed by atoms with Gasteiger partial charge in [-0.1, -0.05) is 90.0 Å². The third-order valence-corrected chi connectivity index (χ3v) is 14.9. The maximum atomic E-state index is 15.3. The molecule has 10 nitrogen and oxygen atoms in total. The van der Waals surface area contributed by atoms with Crippen LogP contribution in [-0.4, -0.2) is 43.4 Å². The molecule has 2 aliphatic carbocycles. The van der Waals surface area contributed by atoms with E-state index in [0.29, 0.717) is 34.3 Å². The van der Waals surface area contributed by atoms with Gasteiger partial charge in [0.15, 0.2) is 0 Å². The molecule has 60 heavy (non-hydrogen) atoms. The quantitative estimate of drug-likeness (QED) is 0.120. The molecule has 302 valence electrons. The zero-order valence-corrected chi connectivity index (χ0v) is 34.7. The molecule has 6 aromatic rings. The number of aromatic hydroxyl groups is 1. The van der Waals surface area contributed by atoms with Crippen LogP contribution in [0.4, 0.5) is 5.82 Å². The van der Waals surface area contributed by atoms with Gasteiger partial charge in [-0.05, 0) is 78.9 Å². The van der Waals surface area contributed by atoms with Gasteiger partial charge in [0.05, 0.1) is 34.6 Å². The summed E-state index contributed by atoms with van der Waals surface area (Å²) in [5.41, 5.74) is 3.31. The highest BCUT2D eigenvalue weighted by molar-refractivity contribution is 7.22. The van der Waals surface area contributed by atoms with Crippen LogP contribution in [0.1, 0.15) is 47.9 Å². The Morgan fingerprint density at radius 1 is 0.883 bits per heavy atom. The van der Waals surface area contributed by atoms with Gasteiger partial charge >= 0.3 is 0 Å². The number of imide groups is 2. The second-order valence-corrected chi connectivity index (χ2v) is 18.1. The van der Waals surface area contributed by atoms with E-state index in [-0.39, 0.29) is 37.1 Å². The summed E-state index contributed by atoms with van der Waals surface area (Å²) in [5.74, 6) is -4.13. The van der Waals surface area contributed by atoms with E-state index in [9.17, 15) is 14.7 Å². The predicted octanol–water partition coefficient (Wildman–Crippen LogP) is 8.98. The lowest BCUT2D eigenvalue weighted by molar-refractivity contribution is -0.141. The summed E-state index contributed by atoms with van der Waals surface area (Å²) in [5, 5.41) is 18.4. The summed E-state index contributed by atoms with van der Waals surface area (Å²) in [6, 6.07) is 31.7. The smallest absolute Gasteiger partial charge is 0.242 e. The molecule has 6 unspecified atom stereocenters. The lowest BCUT2D eigenvalue weighted by Crippen LogP contribution is -2.48. The average Bonchev–Trinajstić information content (AvgIpc) is 3.91. The number of ether oxygens (including phenoxy) is 1. The molecule has 2 saturated heterocycles. The molecular formula is C48H41ClN4O6S. The van der Waals surface area contributed by atoms with Crippen molar-refractivity contribution in [1.29, 1.82) is 0 Å². The zero-order chi connectivity index (χ0) is 41.6. The number of thiophene rings is 1. The molecule has 3 fully saturated rings. The maximum absolute atomic E-state index is 15.3. The van der Waals surface area contributed by atoms with Crippen molar-refractivity contribution in [2.45, 2.75) is 45.8 Å². The third kappa shape index (κ3) is 5.84. The highest BCUT2D eigenvalue weighted by Crippen LogP contribution is 2.64. The number of halogens is 1. The molecule has 0 radical (unpaired) electrons. The van der Waals surface area contributed by atoms with E-state index in [1.54, 1.807) is 47.3 Å². The van der Waals surface area contributed by atoms with Crippen LogP contribution in [0, 0.1) is 36.0 Å². The van der Waals surface area contributed by atoms with Gasteiger partial charge in [-0.3, -0.25) is 28.8 Å². The van der Waals surface area contributed by atoms with Gasteiger partial charge in [0, 0.05) is 40.4 Å². The molecule has 2 aromatic heterocycles.